The first-order chi connectivity index (χ1) is 15.5. The number of aryl methyl sites for hydroxylation is 1. The summed E-state index contributed by atoms with van der Waals surface area (Å²) < 4.78 is 11.0. The van der Waals surface area contributed by atoms with Crippen LogP contribution < -0.4 is 9.64 Å². The van der Waals surface area contributed by atoms with Gasteiger partial charge in [-0.2, -0.15) is 0 Å². The zero-order valence-electron chi connectivity index (χ0n) is 17.9. The highest BCUT2D eigenvalue weighted by molar-refractivity contribution is 6.34. The van der Waals surface area contributed by atoms with Crippen LogP contribution in [0.3, 0.4) is 0 Å². The van der Waals surface area contributed by atoms with Crippen LogP contribution in [-0.4, -0.2) is 40.1 Å². The van der Waals surface area contributed by atoms with Gasteiger partial charge in [-0.3, -0.25) is 14.5 Å². The average Bonchev–Trinajstić information content (AvgIpc) is 3.13. The molecule has 32 heavy (non-hydrogen) atoms. The fourth-order valence-electron chi connectivity index (χ4n) is 3.54. The molecule has 9 heteroatoms. The van der Waals surface area contributed by atoms with E-state index in [0.29, 0.717) is 41.9 Å². The SMILES string of the molecule is CCCOc1ccc(C(=O)N2CC(=O)N(Cc3nnc(C)o3)Cc3ccccc32)c(Cl)c1. The maximum atomic E-state index is 13.5. The van der Waals surface area contributed by atoms with Gasteiger partial charge in [-0.15, -0.1) is 10.2 Å². The van der Waals surface area contributed by atoms with E-state index in [1.807, 2.05) is 31.2 Å². The topological polar surface area (TPSA) is 88.8 Å². The van der Waals surface area contributed by atoms with Crippen molar-refractivity contribution < 1.29 is 18.7 Å². The predicted molar refractivity (Wildman–Crippen MR) is 119 cm³/mol. The monoisotopic (exact) mass is 454 g/mol. The Morgan fingerprint density at radius 3 is 2.72 bits per heavy atom. The fourth-order valence-corrected chi connectivity index (χ4v) is 3.79. The first-order valence-corrected chi connectivity index (χ1v) is 10.7. The largest absolute Gasteiger partial charge is 0.494 e. The molecule has 1 aromatic heterocycles. The number of aromatic nitrogens is 2. The van der Waals surface area contributed by atoms with E-state index in [1.54, 1.807) is 30.0 Å². The zero-order chi connectivity index (χ0) is 22.7. The molecule has 4 rings (SSSR count). The van der Waals surface area contributed by atoms with E-state index in [-0.39, 0.29) is 29.9 Å². The van der Waals surface area contributed by atoms with Gasteiger partial charge in [0.2, 0.25) is 17.7 Å². The maximum Gasteiger partial charge on any atom is 0.260 e. The van der Waals surface area contributed by atoms with Crippen LogP contribution in [0.1, 0.15) is 41.0 Å². The number of halogens is 1. The molecule has 0 saturated heterocycles. The van der Waals surface area contributed by atoms with Crippen molar-refractivity contribution in [1.82, 2.24) is 15.1 Å². The van der Waals surface area contributed by atoms with Gasteiger partial charge in [0.15, 0.2) is 0 Å². The minimum atomic E-state index is -0.353. The molecule has 1 aliphatic rings. The van der Waals surface area contributed by atoms with Crippen molar-refractivity contribution in [3.8, 4) is 5.75 Å². The van der Waals surface area contributed by atoms with Crippen molar-refractivity contribution in [3.63, 3.8) is 0 Å². The number of benzene rings is 2. The minimum absolute atomic E-state index is 0.132. The van der Waals surface area contributed by atoms with Gasteiger partial charge in [0.1, 0.15) is 12.3 Å². The summed E-state index contributed by atoms with van der Waals surface area (Å²) in [5.74, 6) is 0.791. The maximum absolute atomic E-state index is 13.5. The Morgan fingerprint density at radius 2 is 2.00 bits per heavy atom. The lowest BCUT2D eigenvalue weighted by molar-refractivity contribution is -0.131. The highest BCUT2D eigenvalue weighted by atomic mass is 35.5. The van der Waals surface area contributed by atoms with Crippen molar-refractivity contribution in [2.24, 2.45) is 0 Å². The summed E-state index contributed by atoms with van der Waals surface area (Å²) in [5.41, 5.74) is 1.80. The quantitative estimate of drug-likeness (QED) is 0.559. The number of rotatable bonds is 6. The third kappa shape index (κ3) is 4.60. The van der Waals surface area contributed by atoms with E-state index in [0.717, 1.165) is 12.0 Å². The highest BCUT2D eigenvalue weighted by Gasteiger charge is 2.31. The zero-order valence-corrected chi connectivity index (χ0v) is 18.6. The molecule has 1 aliphatic heterocycles. The Bertz CT molecular complexity index is 1150. The number of amides is 2. The highest BCUT2D eigenvalue weighted by Crippen LogP contribution is 2.30. The van der Waals surface area contributed by atoms with Crippen molar-refractivity contribution in [1.29, 1.82) is 0 Å². The molecule has 2 amide bonds. The molecule has 8 nitrogen and oxygen atoms in total. The summed E-state index contributed by atoms with van der Waals surface area (Å²) in [4.78, 5) is 29.6. The number of carbonyl (C=O) groups excluding carboxylic acids is 2. The molecule has 0 bridgehead atoms. The Hall–Kier alpha value is -3.39. The summed E-state index contributed by atoms with van der Waals surface area (Å²) in [6.45, 7) is 4.62. The Kier molecular flexibility index (Phi) is 6.41. The predicted octanol–water partition coefficient (Wildman–Crippen LogP) is 4.01. The number of para-hydroxylation sites is 1. The Balaban J connectivity index is 1.63. The van der Waals surface area contributed by atoms with E-state index in [2.05, 4.69) is 10.2 Å². The second-order valence-corrected chi connectivity index (χ2v) is 7.88. The van der Waals surface area contributed by atoms with Crippen molar-refractivity contribution >= 4 is 29.1 Å². The average molecular weight is 455 g/mol. The molecular formula is C23H23ClN4O4. The van der Waals surface area contributed by atoms with Crippen LogP contribution >= 0.6 is 11.6 Å². The molecule has 0 fully saturated rings. The summed E-state index contributed by atoms with van der Waals surface area (Å²) in [6.07, 6.45) is 0.866. The van der Waals surface area contributed by atoms with Crippen molar-refractivity contribution in [2.45, 2.75) is 33.4 Å². The van der Waals surface area contributed by atoms with Crippen molar-refractivity contribution in [3.05, 3.63) is 70.4 Å². The van der Waals surface area contributed by atoms with Crippen LogP contribution in [0.5, 0.6) is 5.75 Å². The van der Waals surface area contributed by atoms with Gasteiger partial charge >= 0.3 is 0 Å². The second-order valence-electron chi connectivity index (χ2n) is 7.47. The molecule has 0 atom stereocenters. The molecule has 0 saturated carbocycles. The lowest BCUT2D eigenvalue weighted by Crippen LogP contribution is -2.40. The molecule has 0 aliphatic carbocycles. The Labute approximate surface area is 190 Å². The standard InChI is InChI=1S/C23H23ClN4O4/c1-3-10-31-17-8-9-18(19(24)11-17)23(30)28-14-22(29)27(13-21-26-25-15(2)32-21)12-16-6-4-5-7-20(16)28/h4-9,11H,3,10,12-14H2,1-2H3. The molecule has 2 aromatic carbocycles. The Morgan fingerprint density at radius 1 is 1.19 bits per heavy atom. The number of ether oxygens (including phenoxy) is 1. The summed E-state index contributed by atoms with van der Waals surface area (Å²) in [5, 5.41) is 8.08. The van der Waals surface area contributed by atoms with Crippen LogP contribution in [0.25, 0.3) is 0 Å². The fraction of sp³-hybridized carbons (Fsp3) is 0.304. The summed E-state index contributed by atoms with van der Waals surface area (Å²) in [7, 11) is 0. The van der Waals surface area contributed by atoms with Gasteiger partial charge in [0, 0.05) is 19.2 Å². The number of carbonyl (C=O) groups is 2. The number of anilines is 1. The number of hydrogen-bond donors (Lipinski definition) is 0. The van der Waals surface area contributed by atoms with E-state index in [9.17, 15) is 9.59 Å². The van der Waals surface area contributed by atoms with E-state index >= 15 is 0 Å². The van der Waals surface area contributed by atoms with Gasteiger partial charge in [-0.1, -0.05) is 36.7 Å². The summed E-state index contributed by atoms with van der Waals surface area (Å²) >= 11 is 6.41. The summed E-state index contributed by atoms with van der Waals surface area (Å²) in [6, 6.07) is 12.4. The molecule has 0 radical (unpaired) electrons. The molecule has 0 N–H and O–H groups in total. The second kappa shape index (κ2) is 9.40. The number of hydrogen-bond acceptors (Lipinski definition) is 6. The van der Waals surface area contributed by atoms with Crippen LogP contribution in [-0.2, 0) is 17.9 Å². The third-order valence-corrected chi connectivity index (χ3v) is 5.39. The van der Waals surface area contributed by atoms with E-state index in [4.69, 9.17) is 20.8 Å². The smallest absolute Gasteiger partial charge is 0.260 e. The molecule has 2 heterocycles. The van der Waals surface area contributed by atoms with Crippen LogP contribution in [0, 0.1) is 6.92 Å². The van der Waals surface area contributed by atoms with Crippen molar-refractivity contribution in [2.75, 3.05) is 18.1 Å². The van der Waals surface area contributed by atoms with Crippen LogP contribution in [0.2, 0.25) is 5.02 Å². The van der Waals surface area contributed by atoms with Crippen LogP contribution in [0.4, 0.5) is 5.69 Å². The lowest BCUT2D eigenvalue weighted by atomic mass is 10.1. The minimum Gasteiger partial charge on any atom is -0.494 e. The number of fused-ring (bicyclic) bond motifs is 1. The normalized spacial score (nSPS) is 13.7. The van der Waals surface area contributed by atoms with Crippen LogP contribution in [0.15, 0.2) is 46.9 Å². The van der Waals surface area contributed by atoms with E-state index < -0.39 is 0 Å². The molecule has 3 aromatic rings. The molecule has 0 spiro atoms. The van der Waals surface area contributed by atoms with Gasteiger partial charge in [0.05, 0.1) is 23.7 Å². The first-order valence-electron chi connectivity index (χ1n) is 10.3. The molecule has 0 unspecified atom stereocenters. The third-order valence-electron chi connectivity index (χ3n) is 5.07. The van der Waals surface area contributed by atoms with E-state index in [1.165, 1.54) is 4.90 Å². The number of nitrogens with zero attached hydrogens (tertiary/aromatic N) is 4. The first kappa shape index (κ1) is 21.8. The van der Waals surface area contributed by atoms with Gasteiger partial charge < -0.3 is 14.1 Å². The van der Waals surface area contributed by atoms with Gasteiger partial charge in [-0.05, 0) is 36.2 Å². The lowest BCUT2D eigenvalue weighted by Gasteiger charge is -2.23. The molecule has 166 valence electrons. The molecular weight excluding hydrogens is 432 g/mol. The van der Waals surface area contributed by atoms with Gasteiger partial charge in [0.25, 0.3) is 5.91 Å². The van der Waals surface area contributed by atoms with Gasteiger partial charge in [-0.25, -0.2) is 0 Å².